The Kier molecular flexibility index (Phi) is 2.46. The van der Waals surface area contributed by atoms with Gasteiger partial charge in [0.1, 0.15) is 6.04 Å². The number of anilines is 2. The SMILES string of the molecule is COc1cc2c(cc1F)NC(=O)C(C)N2C. The van der Waals surface area contributed by atoms with Crippen LogP contribution in [-0.2, 0) is 4.79 Å². The van der Waals surface area contributed by atoms with Crippen molar-refractivity contribution in [2.24, 2.45) is 0 Å². The molecule has 0 aromatic heterocycles. The van der Waals surface area contributed by atoms with E-state index in [1.165, 1.54) is 13.2 Å². The number of rotatable bonds is 1. The maximum Gasteiger partial charge on any atom is 0.246 e. The Morgan fingerprint density at radius 2 is 2.19 bits per heavy atom. The van der Waals surface area contributed by atoms with Gasteiger partial charge in [0.05, 0.1) is 18.5 Å². The standard InChI is InChI=1S/C11H13FN2O2/c1-6-11(15)13-8-4-7(12)10(16-3)5-9(8)14(6)2/h4-6H,1-3H3,(H,13,15). The first kappa shape index (κ1) is 10.7. The van der Waals surface area contributed by atoms with Crippen LogP contribution in [0.2, 0.25) is 0 Å². The number of hydrogen-bond acceptors (Lipinski definition) is 3. The second-order valence-corrected chi connectivity index (χ2v) is 3.78. The van der Waals surface area contributed by atoms with Gasteiger partial charge in [0, 0.05) is 19.2 Å². The molecule has 0 aliphatic carbocycles. The molecule has 0 radical (unpaired) electrons. The molecule has 1 amide bonds. The Morgan fingerprint density at radius 1 is 1.50 bits per heavy atom. The van der Waals surface area contributed by atoms with Crippen LogP contribution >= 0.6 is 0 Å². The number of halogens is 1. The first-order valence-corrected chi connectivity index (χ1v) is 4.96. The smallest absolute Gasteiger partial charge is 0.246 e. The summed E-state index contributed by atoms with van der Waals surface area (Å²) in [6, 6.07) is 2.58. The van der Waals surface area contributed by atoms with E-state index in [0.29, 0.717) is 5.69 Å². The van der Waals surface area contributed by atoms with E-state index in [2.05, 4.69) is 5.32 Å². The molecule has 16 heavy (non-hydrogen) atoms. The van der Waals surface area contributed by atoms with Gasteiger partial charge in [0.25, 0.3) is 0 Å². The van der Waals surface area contributed by atoms with Gasteiger partial charge >= 0.3 is 0 Å². The molecule has 0 saturated heterocycles. The van der Waals surface area contributed by atoms with Crippen LogP contribution in [0.4, 0.5) is 15.8 Å². The molecule has 5 heteroatoms. The largest absolute Gasteiger partial charge is 0.494 e. The summed E-state index contributed by atoms with van der Waals surface area (Å²) in [5.41, 5.74) is 1.23. The Bertz CT molecular complexity index is 448. The maximum atomic E-state index is 13.4. The van der Waals surface area contributed by atoms with Crippen LogP contribution in [0.15, 0.2) is 12.1 Å². The highest BCUT2D eigenvalue weighted by Crippen LogP contribution is 2.35. The second kappa shape index (κ2) is 3.66. The topological polar surface area (TPSA) is 41.6 Å². The number of amides is 1. The second-order valence-electron chi connectivity index (χ2n) is 3.78. The monoisotopic (exact) mass is 224 g/mol. The zero-order chi connectivity index (χ0) is 11.9. The van der Waals surface area contributed by atoms with Crippen LogP contribution in [0.25, 0.3) is 0 Å². The van der Waals surface area contributed by atoms with Crippen molar-refractivity contribution in [1.82, 2.24) is 0 Å². The van der Waals surface area contributed by atoms with Gasteiger partial charge < -0.3 is 15.0 Å². The van der Waals surface area contributed by atoms with Gasteiger partial charge in [-0.2, -0.15) is 0 Å². The Morgan fingerprint density at radius 3 is 2.81 bits per heavy atom. The van der Waals surface area contributed by atoms with Gasteiger partial charge in [-0.05, 0) is 6.92 Å². The Labute approximate surface area is 93.0 Å². The molecule has 4 nitrogen and oxygen atoms in total. The predicted molar refractivity (Wildman–Crippen MR) is 59.4 cm³/mol. The summed E-state index contributed by atoms with van der Waals surface area (Å²) >= 11 is 0. The van der Waals surface area contributed by atoms with Crippen molar-refractivity contribution in [2.75, 3.05) is 24.4 Å². The number of carbonyl (C=O) groups is 1. The van der Waals surface area contributed by atoms with E-state index in [1.807, 2.05) is 0 Å². The van der Waals surface area contributed by atoms with Crippen molar-refractivity contribution >= 4 is 17.3 Å². The highest BCUT2D eigenvalue weighted by Gasteiger charge is 2.28. The molecule has 1 heterocycles. The lowest BCUT2D eigenvalue weighted by Crippen LogP contribution is -2.43. The summed E-state index contributed by atoms with van der Waals surface area (Å²) in [5, 5.41) is 2.66. The fourth-order valence-electron chi connectivity index (χ4n) is 1.71. The lowest BCUT2D eigenvalue weighted by atomic mass is 10.1. The minimum Gasteiger partial charge on any atom is -0.494 e. The van der Waals surface area contributed by atoms with E-state index in [9.17, 15) is 9.18 Å². The van der Waals surface area contributed by atoms with Crippen molar-refractivity contribution in [3.8, 4) is 5.75 Å². The first-order chi connectivity index (χ1) is 7.54. The fraction of sp³-hybridized carbons (Fsp3) is 0.364. The number of fused-ring (bicyclic) bond motifs is 1. The summed E-state index contributed by atoms with van der Waals surface area (Å²) < 4.78 is 18.3. The highest BCUT2D eigenvalue weighted by molar-refractivity contribution is 6.03. The quantitative estimate of drug-likeness (QED) is 0.788. The first-order valence-electron chi connectivity index (χ1n) is 4.96. The molecule has 1 N–H and O–H groups in total. The number of methoxy groups -OCH3 is 1. The number of nitrogens with one attached hydrogen (secondary N) is 1. The molecule has 1 aromatic rings. The third-order valence-corrected chi connectivity index (χ3v) is 2.87. The third kappa shape index (κ3) is 1.48. The molecule has 1 aliphatic heterocycles. The molecule has 0 spiro atoms. The van der Waals surface area contributed by atoms with Gasteiger partial charge in [-0.3, -0.25) is 4.79 Å². The van der Waals surface area contributed by atoms with Crippen molar-refractivity contribution < 1.29 is 13.9 Å². The number of ether oxygens (including phenoxy) is 1. The van der Waals surface area contributed by atoms with Crippen LogP contribution in [0, 0.1) is 5.82 Å². The molecule has 1 unspecified atom stereocenters. The fourth-order valence-corrected chi connectivity index (χ4v) is 1.71. The molecular formula is C11H13FN2O2. The van der Waals surface area contributed by atoms with Gasteiger partial charge in [-0.1, -0.05) is 0 Å². The molecule has 0 fully saturated rings. The number of likely N-dealkylation sites (N-methyl/N-ethyl adjacent to an activating group) is 1. The molecule has 1 aromatic carbocycles. The van der Waals surface area contributed by atoms with Crippen LogP contribution in [-0.4, -0.2) is 26.1 Å². The van der Waals surface area contributed by atoms with Crippen molar-refractivity contribution in [1.29, 1.82) is 0 Å². The lowest BCUT2D eigenvalue weighted by molar-refractivity contribution is -0.117. The number of nitrogens with zero attached hydrogens (tertiary/aromatic N) is 1. The number of hydrogen-bond donors (Lipinski definition) is 1. The highest BCUT2D eigenvalue weighted by atomic mass is 19.1. The average Bonchev–Trinajstić information content (AvgIpc) is 2.26. The maximum absolute atomic E-state index is 13.4. The minimum atomic E-state index is -0.482. The summed E-state index contributed by atoms with van der Waals surface area (Å²) in [5.74, 6) is -0.446. The summed E-state index contributed by atoms with van der Waals surface area (Å²) in [4.78, 5) is 13.3. The lowest BCUT2D eigenvalue weighted by Gasteiger charge is -2.33. The van der Waals surface area contributed by atoms with E-state index >= 15 is 0 Å². The molecule has 0 saturated carbocycles. The Hall–Kier alpha value is -1.78. The minimum absolute atomic E-state index is 0.139. The van der Waals surface area contributed by atoms with Crippen molar-refractivity contribution in [3.05, 3.63) is 17.9 Å². The van der Waals surface area contributed by atoms with Crippen molar-refractivity contribution in [3.63, 3.8) is 0 Å². The molecule has 0 bridgehead atoms. The summed E-state index contributed by atoms with van der Waals surface area (Å²) in [6.07, 6.45) is 0. The predicted octanol–water partition coefficient (Wildman–Crippen LogP) is 1.61. The van der Waals surface area contributed by atoms with E-state index in [1.54, 1.807) is 24.9 Å². The van der Waals surface area contributed by atoms with Crippen LogP contribution in [0.1, 0.15) is 6.92 Å². The third-order valence-electron chi connectivity index (χ3n) is 2.87. The summed E-state index contributed by atoms with van der Waals surface area (Å²) in [7, 11) is 3.20. The Balaban J connectivity index is 2.53. The zero-order valence-corrected chi connectivity index (χ0v) is 9.37. The number of benzene rings is 1. The van der Waals surface area contributed by atoms with Crippen LogP contribution in [0.3, 0.4) is 0 Å². The van der Waals surface area contributed by atoms with Crippen molar-refractivity contribution in [2.45, 2.75) is 13.0 Å². The average molecular weight is 224 g/mol. The van der Waals surface area contributed by atoms with E-state index in [0.717, 1.165) is 5.69 Å². The molecule has 1 aliphatic rings. The molecule has 86 valence electrons. The van der Waals surface area contributed by atoms with Gasteiger partial charge in [-0.15, -0.1) is 0 Å². The normalized spacial score (nSPS) is 19.1. The van der Waals surface area contributed by atoms with Gasteiger partial charge in [0.2, 0.25) is 5.91 Å². The molecular weight excluding hydrogens is 211 g/mol. The number of carbonyl (C=O) groups excluding carboxylic acids is 1. The van der Waals surface area contributed by atoms with Gasteiger partial charge in [-0.25, -0.2) is 4.39 Å². The van der Waals surface area contributed by atoms with Gasteiger partial charge in [0.15, 0.2) is 11.6 Å². The van der Waals surface area contributed by atoms with E-state index in [4.69, 9.17) is 4.74 Å². The van der Waals surface area contributed by atoms with E-state index in [-0.39, 0.29) is 17.7 Å². The summed E-state index contributed by atoms with van der Waals surface area (Å²) in [6.45, 7) is 1.79. The molecule has 1 atom stereocenters. The van der Waals surface area contributed by atoms with Crippen LogP contribution in [0.5, 0.6) is 5.75 Å². The van der Waals surface area contributed by atoms with E-state index < -0.39 is 5.82 Å². The molecule has 2 rings (SSSR count). The van der Waals surface area contributed by atoms with Crippen LogP contribution < -0.4 is 15.0 Å². The zero-order valence-electron chi connectivity index (χ0n) is 9.37.